The highest BCUT2D eigenvalue weighted by Gasteiger charge is 2.31. The lowest BCUT2D eigenvalue weighted by molar-refractivity contribution is -0.917. The van der Waals surface area contributed by atoms with E-state index in [9.17, 15) is 9.59 Å². The van der Waals surface area contributed by atoms with Gasteiger partial charge in [-0.15, -0.1) is 0 Å². The number of nitrogens with one attached hydrogen (secondary N) is 2. The molecular weight excluding hydrogens is 306 g/mol. The van der Waals surface area contributed by atoms with Crippen molar-refractivity contribution in [3.8, 4) is 0 Å². The summed E-state index contributed by atoms with van der Waals surface area (Å²) in [6.45, 7) is 8.98. The van der Waals surface area contributed by atoms with Crippen LogP contribution in [0, 0.1) is 0 Å². The molecule has 0 unspecified atom stereocenters. The van der Waals surface area contributed by atoms with Crippen molar-refractivity contribution in [1.29, 1.82) is 0 Å². The standard InChI is InChI=1S/C18H27N3O3/c1-4-15-6-8-16(9-7-15)19-17(22)14(3)20-10-12-21(13-11-20)18(23)24-5-2/h6-9,14H,4-5,10-13H2,1-3H3,(H,19,22)/p+1/t14-/m0/s1. The van der Waals surface area contributed by atoms with E-state index in [1.54, 1.807) is 11.8 Å². The summed E-state index contributed by atoms with van der Waals surface area (Å²) in [4.78, 5) is 27.1. The molecule has 1 aromatic carbocycles. The summed E-state index contributed by atoms with van der Waals surface area (Å²) in [5, 5.41) is 2.98. The van der Waals surface area contributed by atoms with Crippen LogP contribution in [-0.2, 0) is 16.0 Å². The van der Waals surface area contributed by atoms with Crippen LogP contribution in [0.4, 0.5) is 10.5 Å². The number of aryl methyl sites for hydroxylation is 1. The van der Waals surface area contributed by atoms with Gasteiger partial charge in [-0.2, -0.15) is 0 Å². The number of carbonyl (C=O) groups is 2. The fourth-order valence-electron chi connectivity index (χ4n) is 2.88. The van der Waals surface area contributed by atoms with Gasteiger partial charge in [0, 0.05) is 5.69 Å². The lowest BCUT2D eigenvalue weighted by Crippen LogP contribution is -3.19. The second kappa shape index (κ2) is 8.68. The Bertz CT molecular complexity index is 551. The summed E-state index contributed by atoms with van der Waals surface area (Å²) in [6.07, 6.45) is 0.726. The Labute approximate surface area is 143 Å². The molecule has 0 spiro atoms. The molecule has 2 rings (SSSR count). The zero-order valence-electron chi connectivity index (χ0n) is 14.8. The first kappa shape index (κ1) is 18.3. The van der Waals surface area contributed by atoms with Crippen LogP contribution in [0.2, 0.25) is 0 Å². The van der Waals surface area contributed by atoms with Crippen molar-refractivity contribution >= 4 is 17.7 Å². The first-order chi connectivity index (χ1) is 11.5. The summed E-state index contributed by atoms with van der Waals surface area (Å²) >= 11 is 0. The number of piperazine rings is 1. The van der Waals surface area contributed by atoms with E-state index in [1.165, 1.54) is 10.5 Å². The molecule has 2 amide bonds. The Kier molecular flexibility index (Phi) is 6.61. The van der Waals surface area contributed by atoms with Crippen molar-refractivity contribution in [3.05, 3.63) is 29.8 Å². The van der Waals surface area contributed by atoms with Crippen LogP contribution in [0.15, 0.2) is 24.3 Å². The van der Waals surface area contributed by atoms with Crippen molar-refractivity contribution in [3.63, 3.8) is 0 Å². The molecular formula is C18H28N3O3+. The molecule has 0 saturated carbocycles. The van der Waals surface area contributed by atoms with E-state index in [2.05, 4.69) is 12.2 Å². The van der Waals surface area contributed by atoms with Crippen LogP contribution in [0.5, 0.6) is 0 Å². The normalized spacial score (nSPS) is 16.5. The second-order valence-corrected chi connectivity index (χ2v) is 6.11. The van der Waals surface area contributed by atoms with E-state index < -0.39 is 0 Å². The molecule has 2 N–H and O–H groups in total. The van der Waals surface area contributed by atoms with Gasteiger partial charge in [-0.3, -0.25) is 9.69 Å². The number of carbonyl (C=O) groups excluding carboxylic acids is 2. The molecule has 1 aliphatic rings. The molecule has 1 fully saturated rings. The van der Waals surface area contributed by atoms with Gasteiger partial charge in [0.25, 0.3) is 5.91 Å². The Morgan fingerprint density at radius 2 is 1.83 bits per heavy atom. The maximum Gasteiger partial charge on any atom is 0.410 e. The van der Waals surface area contributed by atoms with Gasteiger partial charge in [0.1, 0.15) is 0 Å². The van der Waals surface area contributed by atoms with Gasteiger partial charge < -0.3 is 15.0 Å². The largest absolute Gasteiger partial charge is 0.450 e. The van der Waals surface area contributed by atoms with Crippen LogP contribution in [0.25, 0.3) is 0 Å². The summed E-state index contributed by atoms with van der Waals surface area (Å²) in [7, 11) is 0. The molecule has 6 nitrogen and oxygen atoms in total. The molecule has 1 aromatic rings. The van der Waals surface area contributed by atoms with Gasteiger partial charge in [-0.25, -0.2) is 4.79 Å². The van der Waals surface area contributed by atoms with Gasteiger partial charge in [0.05, 0.1) is 32.8 Å². The minimum Gasteiger partial charge on any atom is -0.450 e. The lowest BCUT2D eigenvalue weighted by atomic mass is 10.1. The molecule has 1 aliphatic heterocycles. The monoisotopic (exact) mass is 334 g/mol. The average Bonchev–Trinajstić information content (AvgIpc) is 2.62. The molecule has 1 saturated heterocycles. The first-order valence-corrected chi connectivity index (χ1v) is 8.71. The molecule has 1 atom stereocenters. The van der Waals surface area contributed by atoms with Crippen molar-refractivity contribution in [2.75, 3.05) is 38.1 Å². The third-order valence-corrected chi connectivity index (χ3v) is 4.57. The predicted octanol–water partition coefficient (Wildman–Crippen LogP) is 0.933. The van der Waals surface area contributed by atoms with E-state index in [0.29, 0.717) is 19.7 Å². The minimum atomic E-state index is -0.260. The van der Waals surface area contributed by atoms with Crippen LogP contribution in [-0.4, -0.2) is 55.7 Å². The van der Waals surface area contributed by atoms with Gasteiger partial charge in [-0.05, 0) is 38.0 Å². The molecule has 0 aromatic heterocycles. The van der Waals surface area contributed by atoms with E-state index >= 15 is 0 Å². The van der Waals surface area contributed by atoms with Crippen molar-refractivity contribution in [2.45, 2.75) is 33.2 Å². The zero-order valence-corrected chi connectivity index (χ0v) is 14.8. The van der Waals surface area contributed by atoms with E-state index in [4.69, 9.17) is 4.74 Å². The number of benzene rings is 1. The summed E-state index contributed by atoms with van der Waals surface area (Å²) in [5.74, 6) is 0.0128. The molecule has 132 valence electrons. The highest BCUT2D eigenvalue weighted by atomic mass is 16.6. The van der Waals surface area contributed by atoms with E-state index in [1.807, 2.05) is 31.2 Å². The second-order valence-electron chi connectivity index (χ2n) is 6.11. The number of nitrogens with zero attached hydrogens (tertiary/aromatic N) is 1. The summed E-state index contributed by atoms with van der Waals surface area (Å²) in [6, 6.07) is 7.80. The van der Waals surface area contributed by atoms with Crippen LogP contribution in [0.1, 0.15) is 26.3 Å². The number of rotatable bonds is 5. The molecule has 0 aliphatic carbocycles. The van der Waals surface area contributed by atoms with Gasteiger partial charge in [0.15, 0.2) is 6.04 Å². The molecule has 0 bridgehead atoms. The third-order valence-electron chi connectivity index (χ3n) is 4.57. The Morgan fingerprint density at radius 1 is 1.21 bits per heavy atom. The number of hydrogen-bond donors (Lipinski definition) is 2. The summed E-state index contributed by atoms with van der Waals surface area (Å²) in [5.41, 5.74) is 2.08. The number of hydrogen-bond acceptors (Lipinski definition) is 3. The topological polar surface area (TPSA) is 63.1 Å². The fraction of sp³-hybridized carbons (Fsp3) is 0.556. The van der Waals surface area contributed by atoms with Gasteiger partial charge in [0.2, 0.25) is 0 Å². The quantitative estimate of drug-likeness (QED) is 0.842. The SMILES string of the molecule is CCOC(=O)N1CC[NH+]([C@@H](C)C(=O)Nc2ccc(CC)cc2)CC1. The third kappa shape index (κ3) is 4.71. The van der Waals surface area contributed by atoms with Crippen molar-refractivity contribution in [1.82, 2.24) is 4.90 Å². The van der Waals surface area contributed by atoms with Crippen molar-refractivity contribution < 1.29 is 19.2 Å². The molecule has 6 heteroatoms. The summed E-state index contributed by atoms with van der Waals surface area (Å²) < 4.78 is 5.02. The number of quaternary nitrogens is 1. The maximum atomic E-state index is 12.4. The Hall–Kier alpha value is -2.08. The average molecular weight is 334 g/mol. The lowest BCUT2D eigenvalue weighted by Gasteiger charge is -2.34. The van der Waals surface area contributed by atoms with Crippen LogP contribution in [0.3, 0.4) is 0 Å². The van der Waals surface area contributed by atoms with E-state index in [-0.39, 0.29) is 18.0 Å². The number of amides is 2. The van der Waals surface area contributed by atoms with Crippen LogP contribution >= 0.6 is 0 Å². The fourth-order valence-corrected chi connectivity index (χ4v) is 2.88. The van der Waals surface area contributed by atoms with Crippen molar-refractivity contribution in [2.24, 2.45) is 0 Å². The molecule has 1 heterocycles. The highest BCUT2D eigenvalue weighted by molar-refractivity contribution is 5.93. The predicted molar refractivity (Wildman–Crippen MR) is 93.2 cm³/mol. The van der Waals surface area contributed by atoms with Gasteiger partial charge >= 0.3 is 6.09 Å². The van der Waals surface area contributed by atoms with E-state index in [0.717, 1.165) is 25.2 Å². The number of ether oxygens (including phenoxy) is 1. The minimum absolute atomic E-state index is 0.0128. The zero-order chi connectivity index (χ0) is 17.5. The maximum absolute atomic E-state index is 12.4. The molecule has 24 heavy (non-hydrogen) atoms. The Balaban J connectivity index is 1.84. The van der Waals surface area contributed by atoms with Gasteiger partial charge in [-0.1, -0.05) is 19.1 Å². The van der Waals surface area contributed by atoms with Crippen LogP contribution < -0.4 is 10.2 Å². The number of anilines is 1. The first-order valence-electron chi connectivity index (χ1n) is 8.71. The highest BCUT2D eigenvalue weighted by Crippen LogP contribution is 2.10. The molecule has 0 radical (unpaired) electrons. The smallest absolute Gasteiger partial charge is 0.410 e. The Morgan fingerprint density at radius 3 is 2.38 bits per heavy atom.